The minimum absolute atomic E-state index is 0.0668. The molecule has 1 N–H and O–H groups in total. The van der Waals surface area contributed by atoms with E-state index >= 15 is 0 Å². The van der Waals surface area contributed by atoms with E-state index in [1.165, 1.54) is 0 Å². The Morgan fingerprint density at radius 3 is 2.70 bits per heavy atom. The predicted molar refractivity (Wildman–Crippen MR) is 103 cm³/mol. The number of fused-ring (bicyclic) bond motifs is 1. The molecule has 0 aliphatic rings. The van der Waals surface area contributed by atoms with Gasteiger partial charge in [0.15, 0.2) is 0 Å². The number of urea groups is 1. The average Bonchev–Trinajstić information content (AvgIpc) is 3.08. The Hall–Kier alpha value is -2.96. The van der Waals surface area contributed by atoms with Crippen LogP contribution < -0.4 is 5.32 Å². The summed E-state index contributed by atoms with van der Waals surface area (Å²) in [6.45, 7) is 6.94. The van der Waals surface area contributed by atoms with Crippen LogP contribution >= 0.6 is 0 Å². The van der Waals surface area contributed by atoms with Crippen LogP contribution in [0.4, 0.5) is 4.79 Å². The predicted octanol–water partition coefficient (Wildman–Crippen LogP) is 3.94. The van der Waals surface area contributed by atoms with E-state index < -0.39 is 0 Å². The number of carbonyl (C=O) groups is 1. The molecule has 0 aliphatic heterocycles. The first kappa shape index (κ1) is 18.8. The van der Waals surface area contributed by atoms with Crippen molar-refractivity contribution in [3.05, 3.63) is 53.9 Å². The Kier molecular flexibility index (Phi) is 5.39. The third-order valence-corrected chi connectivity index (χ3v) is 4.29. The molecular weight excluding hydrogens is 342 g/mol. The lowest BCUT2D eigenvalue weighted by Gasteiger charge is -2.29. The van der Waals surface area contributed by atoms with Gasteiger partial charge in [-0.3, -0.25) is 4.98 Å². The summed E-state index contributed by atoms with van der Waals surface area (Å²) in [4.78, 5) is 18.6. The van der Waals surface area contributed by atoms with Gasteiger partial charge < -0.3 is 10.2 Å². The van der Waals surface area contributed by atoms with Crippen molar-refractivity contribution in [2.75, 3.05) is 7.05 Å². The first-order valence-electron chi connectivity index (χ1n) is 8.94. The average molecular weight is 367 g/mol. The molecule has 3 aromatic rings. The molecule has 0 spiro atoms. The van der Waals surface area contributed by atoms with E-state index in [1.54, 1.807) is 18.1 Å². The molecule has 7 nitrogen and oxygen atoms in total. The molecule has 0 saturated heterocycles. The first-order valence-corrected chi connectivity index (χ1v) is 8.94. The number of rotatable bonds is 5. The number of carbonyl (C=O) groups excluding carboxylic acids is 1. The molecule has 1 atom stereocenters. The van der Waals surface area contributed by atoms with E-state index in [1.807, 2.05) is 36.5 Å². The van der Waals surface area contributed by atoms with Crippen LogP contribution in [0.1, 0.15) is 44.4 Å². The van der Waals surface area contributed by atoms with Gasteiger partial charge in [-0.2, -0.15) is 0 Å². The Labute approximate surface area is 158 Å². The molecule has 0 aliphatic carbocycles. The summed E-state index contributed by atoms with van der Waals surface area (Å²) >= 11 is 0. The summed E-state index contributed by atoms with van der Waals surface area (Å²) in [6, 6.07) is 9.29. The quantitative estimate of drug-likeness (QED) is 0.738. The summed E-state index contributed by atoms with van der Waals surface area (Å²) in [6.07, 6.45) is 4.36. The number of amides is 2. The van der Waals surface area contributed by atoms with Crippen molar-refractivity contribution in [1.82, 2.24) is 25.5 Å². The smallest absolute Gasteiger partial charge is 0.317 e. The van der Waals surface area contributed by atoms with E-state index in [9.17, 15) is 4.79 Å². The summed E-state index contributed by atoms with van der Waals surface area (Å²) in [5.41, 5.74) is 3.42. The largest absolute Gasteiger partial charge is 0.331 e. The number of hydrogen-bond acceptors (Lipinski definition) is 5. The molecule has 0 radical (unpaired) electrons. The SMILES string of the molecule is CN(Cc1ccc2nonc2c1)C(=O)N[C@H](CC(C)(C)C)c1cccnc1. The number of hydrogen-bond donors (Lipinski definition) is 1. The minimum atomic E-state index is -0.133. The van der Waals surface area contributed by atoms with Gasteiger partial charge in [-0.25, -0.2) is 9.42 Å². The highest BCUT2D eigenvalue weighted by molar-refractivity contribution is 5.76. The van der Waals surface area contributed by atoms with Crippen LogP contribution in [0.15, 0.2) is 47.4 Å². The molecule has 0 unspecified atom stereocenters. The molecule has 7 heteroatoms. The molecule has 27 heavy (non-hydrogen) atoms. The second-order valence-corrected chi connectivity index (χ2v) is 8.00. The van der Waals surface area contributed by atoms with Crippen molar-refractivity contribution < 1.29 is 9.42 Å². The zero-order valence-corrected chi connectivity index (χ0v) is 16.1. The normalized spacial score (nSPS) is 12.7. The van der Waals surface area contributed by atoms with Crippen LogP contribution in [0, 0.1) is 5.41 Å². The Morgan fingerprint density at radius 2 is 2.00 bits per heavy atom. The Morgan fingerprint density at radius 1 is 1.22 bits per heavy atom. The zero-order valence-electron chi connectivity index (χ0n) is 16.1. The molecule has 1 aromatic carbocycles. The number of pyridine rings is 1. The van der Waals surface area contributed by atoms with Crippen molar-refractivity contribution in [1.29, 1.82) is 0 Å². The van der Waals surface area contributed by atoms with Crippen LogP contribution in [0.2, 0.25) is 0 Å². The molecule has 2 heterocycles. The fraction of sp³-hybridized carbons (Fsp3) is 0.400. The fourth-order valence-electron chi connectivity index (χ4n) is 2.98. The van der Waals surface area contributed by atoms with E-state index in [4.69, 9.17) is 4.63 Å². The number of nitrogens with zero attached hydrogens (tertiary/aromatic N) is 4. The van der Waals surface area contributed by atoms with Gasteiger partial charge in [-0.05, 0) is 51.5 Å². The Balaban J connectivity index is 1.70. The summed E-state index contributed by atoms with van der Waals surface area (Å²) in [7, 11) is 1.78. The standard InChI is InChI=1S/C20H25N5O2/c1-20(2,3)11-18(15-6-5-9-21-12-15)22-19(26)25(4)13-14-7-8-16-17(10-14)24-27-23-16/h5-10,12,18H,11,13H2,1-4H3,(H,22,26)/t18-/m1/s1. The van der Waals surface area contributed by atoms with Gasteiger partial charge in [0.05, 0.1) is 6.04 Å². The maximum Gasteiger partial charge on any atom is 0.317 e. The second-order valence-electron chi connectivity index (χ2n) is 8.00. The van der Waals surface area contributed by atoms with Crippen molar-refractivity contribution in [3.8, 4) is 0 Å². The van der Waals surface area contributed by atoms with Gasteiger partial charge in [0.1, 0.15) is 11.0 Å². The van der Waals surface area contributed by atoms with Gasteiger partial charge in [0.25, 0.3) is 0 Å². The molecule has 3 rings (SSSR count). The third-order valence-electron chi connectivity index (χ3n) is 4.29. The van der Waals surface area contributed by atoms with Crippen LogP contribution in [0.3, 0.4) is 0 Å². The lowest BCUT2D eigenvalue weighted by atomic mass is 9.86. The number of nitrogens with one attached hydrogen (secondary N) is 1. The van der Waals surface area contributed by atoms with Gasteiger partial charge in [0, 0.05) is 26.0 Å². The molecule has 2 aromatic heterocycles. The Bertz CT molecular complexity index is 901. The van der Waals surface area contributed by atoms with Crippen molar-refractivity contribution in [2.45, 2.75) is 39.8 Å². The van der Waals surface area contributed by atoms with Crippen molar-refractivity contribution in [2.24, 2.45) is 5.41 Å². The van der Waals surface area contributed by atoms with Crippen LogP contribution in [0.5, 0.6) is 0 Å². The molecule has 142 valence electrons. The summed E-state index contributed by atoms with van der Waals surface area (Å²) in [5.74, 6) is 0. The fourth-order valence-corrected chi connectivity index (χ4v) is 2.98. The van der Waals surface area contributed by atoms with Crippen molar-refractivity contribution in [3.63, 3.8) is 0 Å². The number of benzene rings is 1. The molecule has 0 bridgehead atoms. The molecule has 0 saturated carbocycles. The molecule has 2 amide bonds. The highest BCUT2D eigenvalue weighted by Gasteiger charge is 2.23. The second kappa shape index (κ2) is 7.73. The summed E-state index contributed by atoms with van der Waals surface area (Å²) in [5, 5.41) is 10.8. The zero-order chi connectivity index (χ0) is 19.4. The van der Waals surface area contributed by atoms with Gasteiger partial charge in [-0.15, -0.1) is 0 Å². The van der Waals surface area contributed by atoms with Crippen LogP contribution in [-0.4, -0.2) is 33.3 Å². The van der Waals surface area contributed by atoms with Crippen LogP contribution in [-0.2, 0) is 6.54 Å². The van der Waals surface area contributed by atoms with E-state index in [0.717, 1.165) is 17.5 Å². The highest BCUT2D eigenvalue weighted by Crippen LogP contribution is 2.29. The number of aromatic nitrogens is 3. The highest BCUT2D eigenvalue weighted by atomic mass is 16.6. The lowest BCUT2D eigenvalue weighted by molar-refractivity contribution is 0.197. The summed E-state index contributed by atoms with van der Waals surface area (Å²) < 4.78 is 4.72. The van der Waals surface area contributed by atoms with Crippen LogP contribution in [0.25, 0.3) is 11.0 Å². The van der Waals surface area contributed by atoms with E-state index in [0.29, 0.717) is 17.6 Å². The maximum absolute atomic E-state index is 12.8. The van der Waals surface area contributed by atoms with Gasteiger partial charge in [0.2, 0.25) is 0 Å². The van der Waals surface area contributed by atoms with Gasteiger partial charge >= 0.3 is 6.03 Å². The molecular formula is C20H25N5O2. The van der Waals surface area contributed by atoms with E-state index in [2.05, 4.69) is 41.4 Å². The van der Waals surface area contributed by atoms with E-state index in [-0.39, 0.29) is 17.5 Å². The van der Waals surface area contributed by atoms with Crippen molar-refractivity contribution >= 4 is 17.1 Å². The third kappa shape index (κ3) is 5.03. The monoisotopic (exact) mass is 367 g/mol. The minimum Gasteiger partial charge on any atom is -0.331 e. The topological polar surface area (TPSA) is 84.2 Å². The lowest BCUT2D eigenvalue weighted by Crippen LogP contribution is -2.40. The maximum atomic E-state index is 12.8. The first-order chi connectivity index (χ1) is 12.8. The van der Waals surface area contributed by atoms with Gasteiger partial charge in [-0.1, -0.05) is 32.9 Å². The molecule has 0 fully saturated rings.